The number of rotatable bonds is 2. The molecule has 0 N–H and O–H groups in total. The van der Waals surface area contributed by atoms with Crippen LogP contribution in [0.25, 0.3) is 0 Å². The van der Waals surface area contributed by atoms with Gasteiger partial charge in [-0.2, -0.15) is 0 Å². The molecule has 1 fully saturated rings. The number of hydrogen-bond acceptors (Lipinski definition) is 0. The third-order valence-corrected chi connectivity index (χ3v) is 4.58. The van der Waals surface area contributed by atoms with Crippen molar-refractivity contribution in [2.75, 3.05) is 0 Å². The lowest BCUT2D eigenvalue weighted by Crippen LogP contribution is -2.10. The normalized spacial score (nSPS) is 25.8. The second-order valence-electron chi connectivity index (χ2n) is 4.12. The highest BCUT2D eigenvalue weighted by Crippen LogP contribution is 2.34. The topological polar surface area (TPSA) is 0 Å². The standard InChI is InChI=1S/C12H13BrClF/c13-10-5-1-3-8(10)7-9-4-2-6-11(14)12(9)15/h2,4,6,8,10H,1,3,5,7H2. The van der Waals surface area contributed by atoms with Gasteiger partial charge in [-0.3, -0.25) is 0 Å². The first kappa shape index (κ1) is 11.4. The molecule has 1 aliphatic carbocycles. The molecule has 0 amide bonds. The average molecular weight is 292 g/mol. The van der Waals surface area contributed by atoms with E-state index in [2.05, 4.69) is 15.9 Å². The minimum atomic E-state index is -0.245. The highest BCUT2D eigenvalue weighted by Gasteiger charge is 2.25. The molecule has 0 bridgehead atoms. The molecule has 0 radical (unpaired) electrons. The maximum Gasteiger partial charge on any atom is 0.144 e. The highest BCUT2D eigenvalue weighted by atomic mass is 79.9. The van der Waals surface area contributed by atoms with Gasteiger partial charge >= 0.3 is 0 Å². The molecule has 2 atom stereocenters. The van der Waals surface area contributed by atoms with Crippen molar-refractivity contribution in [1.29, 1.82) is 0 Å². The van der Waals surface area contributed by atoms with Gasteiger partial charge in [-0.25, -0.2) is 4.39 Å². The van der Waals surface area contributed by atoms with Gasteiger partial charge in [0.15, 0.2) is 0 Å². The summed E-state index contributed by atoms with van der Waals surface area (Å²) in [6, 6.07) is 5.25. The molecule has 15 heavy (non-hydrogen) atoms. The molecule has 2 unspecified atom stereocenters. The fraction of sp³-hybridized carbons (Fsp3) is 0.500. The quantitative estimate of drug-likeness (QED) is 0.699. The molecule has 0 aromatic heterocycles. The molecule has 0 heterocycles. The molecule has 1 saturated carbocycles. The highest BCUT2D eigenvalue weighted by molar-refractivity contribution is 9.09. The first-order chi connectivity index (χ1) is 7.18. The van der Waals surface area contributed by atoms with Crippen LogP contribution in [0.1, 0.15) is 24.8 Å². The summed E-state index contributed by atoms with van der Waals surface area (Å²) in [6.07, 6.45) is 4.42. The van der Waals surface area contributed by atoms with Gasteiger partial charge in [0, 0.05) is 4.83 Å². The van der Waals surface area contributed by atoms with Crippen molar-refractivity contribution < 1.29 is 4.39 Å². The van der Waals surface area contributed by atoms with E-state index in [1.54, 1.807) is 6.07 Å². The van der Waals surface area contributed by atoms with Crippen molar-refractivity contribution in [2.24, 2.45) is 5.92 Å². The predicted molar refractivity (Wildman–Crippen MR) is 65.2 cm³/mol. The van der Waals surface area contributed by atoms with Crippen LogP contribution in [0.5, 0.6) is 0 Å². The van der Waals surface area contributed by atoms with E-state index in [1.165, 1.54) is 19.3 Å². The van der Waals surface area contributed by atoms with E-state index in [1.807, 2.05) is 12.1 Å². The van der Waals surface area contributed by atoms with Gasteiger partial charge in [-0.05, 0) is 36.8 Å². The molecule has 1 aliphatic rings. The maximum absolute atomic E-state index is 13.6. The molecule has 2 rings (SSSR count). The van der Waals surface area contributed by atoms with E-state index >= 15 is 0 Å². The Labute approximate surface area is 103 Å². The van der Waals surface area contributed by atoms with Crippen LogP contribution in [0.2, 0.25) is 5.02 Å². The zero-order chi connectivity index (χ0) is 10.8. The summed E-state index contributed by atoms with van der Waals surface area (Å²) >= 11 is 9.40. The summed E-state index contributed by atoms with van der Waals surface area (Å²) in [5, 5.41) is 0.233. The molecule has 0 saturated heterocycles. The molecule has 0 nitrogen and oxygen atoms in total. The Kier molecular flexibility index (Phi) is 3.68. The molecule has 82 valence electrons. The third kappa shape index (κ3) is 2.54. The molecular formula is C12H13BrClF. The van der Waals surface area contributed by atoms with Crippen LogP contribution < -0.4 is 0 Å². The van der Waals surface area contributed by atoms with Gasteiger partial charge in [0.05, 0.1) is 5.02 Å². The average Bonchev–Trinajstić information content (AvgIpc) is 2.60. The molecule has 0 aliphatic heterocycles. The van der Waals surface area contributed by atoms with Crippen LogP contribution in [0.15, 0.2) is 18.2 Å². The molecule has 1 aromatic rings. The largest absolute Gasteiger partial charge is 0.205 e. The van der Waals surface area contributed by atoms with E-state index in [4.69, 9.17) is 11.6 Å². The van der Waals surface area contributed by atoms with Crippen molar-refractivity contribution in [3.63, 3.8) is 0 Å². The van der Waals surface area contributed by atoms with Crippen LogP contribution in [0.3, 0.4) is 0 Å². The Morgan fingerprint density at radius 2 is 2.20 bits per heavy atom. The van der Waals surface area contributed by atoms with Crippen molar-refractivity contribution >= 4 is 27.5 Å². The van der Waals surface area contributed by atoms with E-state index in [0.29, 0.717) is 10.7 Å². The van der Waals surface area contributed by atoms with Gasteiger partial charge in [0.2, 0.25) is 0 Å². The van der Waals surface area contributed by atoms with Gasteiger partial charge in [0.1, 0.15) is 5.82 Å². The molecule has 0 spiro atoms. The van der Waals surface area contributed by atoms with Crippen LogP contribution in [0.4, 0.5) is 4.39 Å². The Morgan fingerprint density at radius 1 is 1.40 bits per heavy atom. The minimum Gasteiger partial charge on any atom is -0.205 e. The molecule has 3 heteroatoms. The van der Waals surface area contributed by atoms with Gasteiger partial charge < -0.3 is 0 Å². The lowest BCUT2D eigenvalue weighted by atomic mass is 9.98. The Balaban J connectivity index is 2.13. The van der Waals surface area contributed by atoms with Crippen LogP contribution in [-0.2, 0) is 6.42 Å². The summed E-state index contributed by atoms with van der Waals surface area (Å²) in [7, 11) is 0. The second kappa shape index (κ2) is 4.84. The summed E-state index contributed by atoms with van der Waals surface area (Å²) < 4.78 is 13.6. The Morgan fingerprint density at radius 3 is 2.87 bits per heavy atom. The lowest BCUT2D eigenvalue weighted by molar-refractivity contribution is 0.532. The molecule has 1 aromatic carbocycles. The number of halogens is 3. The van der Waals surface area contributed by atoms with E-state index in [0.717, 1.165) is 12.0 Å². The zero-order valence-corrected chi connectivity index (χ0v) is 10.7. The number of hydrogen-bond donors (Lipinski definition) is 0. The smallest absolute Gasteiger partial charge is 0.144 e. The predicted octanol–water partition coefficient (Wildman–Crippen LogP) is 4.59. The van der Waals surface area contributed by atoms with Gasteiger partial charge in [0.25, 0.3) is 0 Å². The zero-order valence-electron chi connectivity index (χ0n) is 8.35. The van der Waals surface area contributed by atoms with Crippen molar-refractivity contribution in [3.05, 3.63) is 34.6 Å². The van der Waals surface area contributed by atoms with Gasteiger partial charge in [-0.1, -0.05) is 46.1 Å². The number of benzene rings is 1. The van der Waals surface area contributed by atoms with Crippen LogP contribution in [0, 0.1) is 11.7 Å². The van der Waals surface area contributed by atoms with Crippen molar-refractivity contribution in [1.82, 2.24) is 0 Å². The fourth-order valence-electron chi connectivity index (χ4n) is 2.21. The summed E-state index contributed by atoms with van der Waals surface area (Å²) in [4.78, 5) is 0.538. The van der Waals surface area contributed by atoms with Gasteiger partial charge in [-0.15, -0.1) is 0 Å². The third-order valence-electron chi connectivity index (χ3n) is 3.08. The summed E-state index contributed by atoms with van der Waals surface area (Å²) in [6.45, 7) is 0. The van der Waals surface area contributed by atoms with Crippen molar-refractivity contribution in [3.8, 4) is 0 Å². The SMILES string of the molecule is Fc1c(Cl)cccc1CC1CCCC1Br. The first-order valence-electron chi connectivity index (χ1n) is 5.25. The second-order valence-corrected chi connectivity index (χ2v) is 5.71. The van der Waals surface area contributed by atoms with E-state index < -0.39 is 0 Å². The summed E-state index contributed by atoms with van der Waals surface area (Å²) in [5.41, 5.74) is 0.749. The summed E-state index contributed by atoms with van der Waals surface area (Å²) in [5.74, 6) is 0.309. The molecular weight excluding hydrogens is 278 g/mol. The first-order valence-corrected chi connectivity index (χ1v) is 6.55. The fourth-order valence-corrected chi connectivity index (χ4v) is 3.18. The maximum atomic E-state index is 13.6. The minimum absolute atomic E-state index is 0.233. The number of alkyl halides is 1. The monoisotopic (exact) mass is 290 g/mol. The van der Waals surface area contributed by atoms with Crippen LogP contribution >= 0.6 is 27.5 Å². The van der Waals surface area contributed by atoms with Crippen molar-refractivity contribution in [2.45, 2.75) is 30.5 Å². The van der Waals surface area contributed by atoms with Crippen LogP contribution in [-0.4, -0.2) is 4.83 Å². The Bertz CT molecular complexity index is 353. The van der Waals surface area contributed by atoms with E-state index in [-0.39, 0.29) is 10.8 Å². The van der Waals surface area contributed by atoms with E-state index in [9.17, 15) is 4.39 Å². The lowest BCUT2D eigenvalue weighted by Gasteiger charge is -2.14. The Hall–Kier alpha value is -0.0800.